The summed E-state index contributed by atoms with van der Waals surface area (Å²) in [6.07, 6.45) is 3.58. The number of nitrogens with zero attached hydrogens (tertiary/aromatic N) is 2. The second kappa shape index (κ2) is 5.00. The van der Waals surface area contributed by atoms with Crippen LogP contribution in [0.15, 0.2) is 35.6 Å². The summed E-state index contributed by atoms with van der Waals surface area (Å²) in [4.78, 5) is 4.66. The zero-order valence-corrected chi connectivity index (χ0v) is 11.0. The second-order valence-electron chi connectivity index (χ2n) is 3.48. The smallest absolute Gasteiger partial charge is 0.181 e. The van der Waals surface area contributed by atoms with Gasteiger partial charge in [0.25, 0.3) is 0 Å². The quantitative estimate of drug-likeness (QED) is 0.805. The molecule has 0 amide bonds. The van der Waals surface area contributed by atoms with E-state index < -0.39 is 10.4 Å². The molecule has 0 fully saturated rings. The molecule has 0 aliphatic carbocycles. The van der Waals surface area contributed by atoms with Gasteiger partial charge in [-0.2, -0.15) is 0 Å². The third kappa shape index (κ3) is 2.57. The first-order valence-electron chi connectivity index (χ1n) is 4.89. The number of hydrogen-bond acceptors (Lipinski definition) is 3. The average molecular weight is 271 g/mol. The Bertz CT molecular complexity index is 528. The van der Waals surface area contributed by atoms with E-state index in [2.05, 4.69) is 4.98 Å². The molecule has 1 unspecified atom stereocenters. The molecule has 1 aromatic carbocycles. The minimum absolute atomic E-state index is 0.518. The van der Waals surface area contributed by atoms with Crippen molar-refractivity contribution in [3.05, 3.63) is 36.4 Å². The standard InChI is InChI=1S/C11H11ClN2O2S/c1-8-6-14(7-13-8)10-4-3-9(17(12)15)5-11(10)16-2/h3-7H,1-2H3. The van der Waals surface area contributed by atoms with Crippen molar-refractivity contribution < 1.29 is 9.29 Å². The van der Waals surface area contributed by atoms with Gasteiger partial charge in [-0.25, -0.2) is 4.98 Å². The van der Waals surface area contributed by atoms with Crippen molar-refractivity contribution in [2.75, 3.05) is 7.11 Å². The Balaban J connectivity index is 2.48. The van der Waals surface area contributed by atoms with Crippen LogP contribution in [0.5, 0.6) is 5.75 Å². The average Bonchev–Trinajstić information content (AvgIpc) is 2.74. The first-order valence-corrected chi connectivity index (χ1v) is 6.86. The molecule has 1 atom stereocenters. The Kier molecular flexibility index (Phi) is 3.61. The fourth-order valence-electron chi connectivity index (χ4n) is 1.52. The Morgan fingerprint density at radius 2 is 2.24 bits per heavy atom. The van der Waals surface area contributed by atoms with Crippen LogP contribution in [0.1, 0.15) is 5.69 Å². The molecule has 17 heavy (non-hydrogen) atoms. The van der Waals surface area contributed by atoms with Gasteiger partial charge in [0.2, 0.25) is 0 Å². The lowest BCUT2D eigenvalue weighted by Crippen LogP contribution is -1.98. The number of imidazole rings is 1. The van der Waals surface area contributed by atoms with E-state index in [1.807, 2.05) is 17.7 Å². The van der Waals surface area contributed by atoms with Crippen LogP contribution in [-0.4, -0.2) is 21.2 Å². The summed E-state index contributed by atoms with van der Waals surface area (Å²) in [7, 11) is 5.56. The minimum Gasteiger partial charge on any atom is -0.594 e. The highest BCUT2D eigenvalue weighted by molar-refractivity contribution is 8.13. The maximum atomic E-state index is 11.2. The fraction of sp³-hybridized carbons (Fsp3) is 0.182. The third-order valence-corrected chi connectivity index (χ3v) is 3.49. The van der Waals surface area contributed by atoms with Crippen LogP contribution in [0.4, 0.5) is 0 Å². The molecule has 2 rings (SSSR count). The lowest BCUT2D eigenvalue weighted by Gasteiger charge is -2.10. The monoisotopic (exact) mass is 270 g/mol. The minimum atomic E-state index is -1.53. The van der Waals surface area contributed by atoms with Crippen LogP contribution in [0, 0.1) is 6.92 Å². The van der Waals surface area contributed by atoms with Gasteiger partial charge in [-0.05, 0) is 19.1 Å². The number of aromatic nitrogens is 2. The Morgan fingerprint density at radius 3 is 2.76 bits per heavy atom. The van der Waals surface area contributed by atoms with Crippen molar-refractivity contribution in [2.45, 2.75) is 11.8 Å². The van der Waals surface area contributed by atoms with Crippen molar-refractivity contribution in [2.24, 2.45) is 0 Å². The number of halogens is 1. The largest absolute Gasteiger partial charge is 0.594 e. The lowest BCUT2D eigenvalue weighted by molar-refractivity contribution is 0.411. The van der Waals surface area contributed by atoms with Gasteiger partial charge in [-0.15, -0.1) is 0 Å². The third-order valence-electron chi connectivity index (χ3n) is 2.33. The Morgan fingerprint density at radius 1 is 1.47 bits per heavy atom. The predicted molar refractivity (Wildman–Crippen MR) is 67.1 cm³/mol. The van der Waals surface area contributed by atoms with Gasteiger partial charge in [0.1, 0.15) is 16.1 Å². The number of aryl methyl sites for hydroxylation is 1. The molecule has 0 spiro atoms. The summed E-state index contributed by atoms with van der Waals surface area (Å²) >= 11 is 0. The van der Waals surface area contributed by atoms with Gasteiger partial charge in [0.15, 0.2) is 15.6 Å². The number of hydrogen-bond donors (Lipinski definition) is 0. The fourth-order valence-corrected chi connectivity index (χ4v) is 2.19. The van der Waals surface area contributed by atoms with Gasteiger partial charge in [-0.1, -0.05) is 0 Å². The van der Waals surface area contributed by atoms with E-state index in [9.17, 15) is 4.55 Å². The molecule has 0 aliphatic heterocycles. The highest BCUT2D eigenvalue weighted by atomic mass is 35.7. The summed E-state index contributed by atoms with van der Waals surface area (Å²) in [5.74, 6) is 0.605. The Hall–Kier alpha value is -1.17. The van der Waals surface area contributed by atoms with E-state index in [0.717, 1.165) is 11.4 Å². The first kappa shape index (κ1) is 12.3. The van der Waals surface area contributed by atoms with Crippen LogP contribution in [0.25, 0.3) is 5.69 Å². The SMILES string of the molecule is COc1cc([S+]([O-])Cl)ccc1-n1cnc(C)c1. The zero-order chi connectivity index (χ0) is 12.4. The summed E-state index contributed by atoms with van der Waals surface area (Å²) < 4.78 is 18.3. The van der Waals surface area contributed by atoms with Crippen molar-refractivity contribution in [1.82, 2.24) is 9.55 Å². The van der Waals surface area contributed by atoms with E-state index in [1.165, 1.54) is 0 Å². The molecule has 0 saturated heterocycles. The van der Waals surface area contributed by atoms with Crippen LogP contribution < -0.4 is 4.74 Å². The van der Waals surface area contributed by atoms with Crippen LogP contribution >= 0.6 is 10.7 Å². The van der Waals surface area contributed by atoms with Gasteiger partial charge in [-0.3, -0.25) is 0 Å². The van der Waals surface area contributed by atoms with Crippen LogP contribution in [-0.2, 0) is 10.4 Å². The molecule has 4 nitrogen and oxygen atoms in total. The number of methoxy groups -OCH3 is 1. The topological polar surface area (TPSA) is 50.1 Å². The van der Waals surface area contributed by atoms with E-state index >= 15 is 0 Å². The summed E-state index contributed by atoms with van der Waals surface area (Å²) in [5.41, 5.74) is 1.75. The van der Waals surface area contributed by atoms with E-state index in [1.54, 1.807) is 31.6 Å². The summed E-state index contributed by atoms with van der Waals surface area (Å²) in [5, 5.41) is 0. The highest BCUT2D eigenvalue weighted by Crippen LogP contribution is 2.27. The van der Waals surface area contributed by atoms with E-state index in [0.29, 0.717) is 10.6 Å². The van der Waals surface area contributed by atoms with Gasteiger partial charge >= 0.3 is 0 Å². The maximum Gasteiger partial charge on any atom is 0.181 e. The summed E-state index contributed by atoms with van der Waals surface area (Å²) in [6.45, 7) is 1.91. The Labute approximate surface area is 107 Å². The van der Waals surface area contributed by atoms with Crippen LogP contribution in [0.2, 0.25) is 0 Å². The van der Waals surface area contributed by atoms with Crippen molar-refractivity contribution >= 4 is 21.1 Å². The highest BCUT2D eigenvalue weighted by Gasteiger charge is 2.13. The second-order valence-corrected chi connectivity index (χ2v) is 5.24. The van der Waals surface area contributed by atoms with E-state index in [-0.39, 0.29) is 0 Å². The van der Waals surface area contributed by atoms with E-state index in [4.69, 9.17) is 15.4 Å². The molecule has 90 valence electrons. The molecular formula is C11H11ClN2O2S. The predicted octanol–water partition coefficient (Wildman–Crippen LogP) is 2.45. The van der Waals surface area contributed by atoms with Gasteiger partial charge in [0, 0.05) is 12.3 Å². The molecular weight excluding hydrogens is 260 g/mol. The zero-order valence-electron chi connectivity index (χ0n) is 9.38. The lowest BCUT2D eigenvalue weighted by atomic mass is 10.3. The molecule has 0 saturated carbocycles. The van der Waals surface area contributed by atoms with Gasteiger partial charge < -0.3 is 13.9 Å². The molecule has 0 radical (unpaired) electrons. The van der Waals surface area contributed by atoms with Crippen molar-refractivity contribution in [3.8, 4) is 11.4 Å². The molecule has 1 heterocycles. The molecule has 0 N–H and O–H groups in total. The number of rotatable bonds is 3. The normalized spacial score (nSPS) is 12.5. The van der Waals surface area contributed by atoms with Crippen molar-refractivity contribution in [3.63, 3.8) is 0 Å². The molecule has 2 aromatic rings. The molecule has 0 bridgehead atoms. The molecule has 1 aromatic heterocycles. The summed E-state index contributed by atoms with van der Waals surface area (Å²) in [6, 6.07) is 5.17. The number of ether oxygens (including phenoxy) is 1. The van der Waals surface area contributed by atoms with Gasteiger partial charge in [0.05, 0.1) is 24.8 Å². The first-order chi connectivity index (χ1) is 8.11. The molecule has 0 aliphatic rings. The maximum absolute atomic E-state index is 11.2. The number of benzene rings is 1. The van der Waals surface area contributed by atoms with Crippen LogP contribution in [0.3, 0.4) is 0 Å². The van der Waals surface area contributed by atoms with Crippen molar-refractivity contribution in [1.29, 1.82) is 0 Å². The molecule has 6 heteroatoms.